The van der Waals surface area contributed by atoms with Crippen molar-refractivity contribution in [2.75, 3.05) is 11.1 Å². The van der Waals surface area contributed by atoms with E-state index in [1.165, 1.54) is 6.20 Å². The van der Waals surface area contributed by atoms with Gasteiger partial charge in [0.15, 0.2) is 5.82 Å². The average Bonchev–Trinajstić information content (AvgIpc) is 2.46. The molecule has 0 aliphatic rings. The van der Waals surface area contributed by atoms with Gasteiger partial charge in [0.05, 0.1) is 11.9 Å². The smallest absolute Gasteiger partial charge is 0.225 e. The van der Waals surface area contributed by atoms with Gasteiger partial charge in [-0.2, -0.15) is 5.10 Å². The molecular formula is C9H16N4O. The molecule has 0 bridgehead atoms. The van der Waals surface area contributed by atoms with Gasteiger partial charge in [-0.25, -0.2) is 0 Å². The fourth-order valence-electron chi connectivity index (χ4n) is 1.14. The third kappa shape index (κ3) is 2.48. The van der Waals surface area contributed by atoms with Gasteiger partial charge in [-0.15, -0.1) is 0 Å². The van der Waals surface area contributed by atoms with Gasteiger partial charge >= 0.3 is 0 Å². The van der Waals surface area contributed by atoms with E-state index in [0.29, 0.717) is 17.9 Å². The zero-order valence-electron chi connectivity index (χ0n) is 8.58. The third-order valence-corrected chi connectivity index (χ3v) is 1.98. The molecule has 0 fully saturated rings. The lowest BCUT2D eigenvalue weighted by atomic mass is 10.2. The highest BCUT2D eigenvalue weighted by Crippen LogP contribution is 2.15. The number of hydrogen-bond donors (Lipinski definition) is 2. The molecule has 0 saturated heterocycles. The van der Waals surface area contributed by atoms with Crippen LogP contribution in [0.5, 0.6) is 0 Å². The van der Waals surface area contributed by atoms with E-state index in [4.69, 9.17) is 5.73 Å². The van der Waals surface area contributed by atoms with E-state index >= 15 is 0 Å². The molecule has 14 heavy (non-hydrogen) atoms. The molecule has 0 aliphatic heterocycles. The molecular weight excluding hydrogens is 180 g/mol. The molecule has 0 aliphatic carbocycles. The first-order chi connectivity index (χ1) is 6.65. The number of anilines is 2. The molecule has 78 valence electrons. The predicted molar refractivity (Wildman–Crippen MR) is 55.8 cm³/mol. The Kier molecular flexibility index (Phi) is 3.50. The number of unbranched alkanes of at least 4 members (excludes halogenated alkanes) is 1. The van der Waals surface area contributed by atoms with E-state index in [1.807, 2.05) is 6.92 Å². The topological polar surface area (TPSA) is 72.9 Å². The summed E-state index contributed by atoms with van der Waals surface area (Å²) < 4.78 is 1.55. The van der Waals surface area contributed by atoms with Crippen LogP contribution in [0.3, 0.4) is 0 Å². The molecule has 0 radical (unpaired) electrons. The van der Waals surface area contributed by atoms with E-state index in [2.05, 4.69) is 10.4 Å². The maximum absolute atomic E-state index is 11.4. The molecule has 5 heteroatoms. The first kappa shape index (κ1) is 10.6. The Bertz CT molecular complexity index is 299. The number of amides is 1. The minimum Gasteiger partial charge on any atom is -0.394 e. The highest BCUT2D eigenvalue weighted by molar-refractivity contribution is 5.92. The van der Waals surface area contributed by atoms with E-state index in [1.54, 1.807) is 11.7 Å². The Morgan fingerprint density at radius 3 is 2.93 bits per heavy atom. The van der Waals surface area contributed by atoms with Gasteiger partial charge in [0, 0.05) is 13.5 Å². The molecule has 0 unspecified atom stereocenters. The van der Waals surface area contributed by atoms with Crippen LogP contribution in [-0.4, -0.2) is 15.7 Å². The van der Waals surface area contributed by atoms with Crippen LogP contribution in [0.15, 0.2) is 6.20 Å². The number of nitrogens with one attached hydrogen (secondary N) is 1. The molecule has 1 heterocycles. The van der Waals surface area contributed by atoms with Crippen LogP contribution in [0.4, 0.5) is 11.5 Å². The summed E-state index contributed by atoms with van der Waals surface area (Å²) in [6.07, 6.45) is 3.95. The third-order valence-electron chi connectivity index (χ3n) is 1.98. The zero-order chi connectivity index (χ0) is 10.6. The summed E-state index contributed by atoms with van der Waals surface area (Å²) in [7, 11) is 1.74. The fourth-order valence-corrected chi connectivity index (χ4v) is 1.14. The quantitative estimate of drug-likeness (QED) is 0.758. The maximum atomic E-state index is 11.4. The van der Waals surface area contributed by atoms with Gasteiger partial charge in [0.25, 0.3) is 0 Å². The zero-order valence-corrected chi connectivity index (χ0v) is 8.58. The number of nitrogens with two attached hydrogens (primary N) is 1. The molecule has 1 rings (SSSR count). The van der Waals surface area contributed by atoms with Gasteiger partial charge < -0.3 is 11.1 Å². The van der Waals surface area contributed by atoms with Crippen LogP contribution < -0.4 is 11.1 Å². The Balaban J connectivity index is 2.55. The van der Waals surface area contributed by atoms with E-state index in [9.17, 15) is 4.79 Å². The lowest BCUT2D eigenvalue weighted by Gasteiger charge is -2.05. The van der Waals surface area contributed by atoms with E-state index < -0.39 is 0 Å². The second kappa shape index (κ2) is 4.64. The Morgan fingerprint density at radius 2 is 2.43 bits per heavy atom. The van der Waals surface area contributed by atoms with Crippen LogP contribution in [0.25, 0.3) is 0 Å². The van der Waals surface area contributed by atoms with Crippen LogP contribution >= 0.6 is 0 Å². The second-order valence-corrected chi connectivity index (χ2v) is 3.22. The Hall–Kier alpha value is -1.52. The summed E-state index contributed by atoms with van der Waals surface area (Å²) in [5.41, 5.74) is 6.12. The minimum absolute atomic E-state index is 0.0119. The number of aryl methyl sites for hydroxylation is 1. The maximum Gasteiger partial charge on any atom is 0.225 e. The Labute approximate surface area is 83.3 Å². The monoisotopic (exact) mass is 196 g/mol. The SMILES string of the molecule is CCCCC(=O)Nc1c(N)cnn1C. The van der Waals surface area contributed by atoms with E-state index in [-0.39, 0.29) is 5.91 Å². The van der Waals surface area contributed by atoms with Crippen molar-refractivity contribution >= 4 is 17.4 Å². The molecule has 0 saturated carbocycles. The van der Waals surface area contributed by atoms with Crippen molar-refractivity contribution in [1.82, 2.24) is 9.78 Å². The van der Waals surface area contributed by atoms with Gasteiger partial charge in [0.2, 0.25) is 5.91 Å². The average molecular weight is 196 g/mol. The highest BCUT2D eigenvalue weighted by Gasteiger charge is 2.08. The number of nitrogen functional groups attached to an aromatic ring is 1. The summed E-state index contributed by atoms with van der Waals surface area (Å²) in [6, 6.07) is 0. The molecule has 0 atom stereocenters. The van der Waals surface area contributed by atoms with Gasteiger partial charge in [-0.3, -0.25) is 9.48 Å². The predicted octanol–water partition coefficient (Wildman–Crippen LogP) is 1.13. The molecule has 1 amide bonds. The summed E-state index contributed by atoms with van der Waals surface area (Å²) in [6.45, 7) is 2.05. The van der Waals surface area contributed by atoms with Crippen LogP contribution in [0.1, 0.15) is 26.2 Å². The van der Waals surface area contributed by atoms with Gasteiger partial charge in [-0.1, -0.05) is 13.3 Å². The fraction of sp³-hybridized carbons (Fsp3) is 0.556. The standard InChI is InChI=1S/C9H16N4O/c1-3-4-5-8(14)12-9-7(10)6-11-13(9)2/h6H,3-5,10H2,1-2H3,(H,12,14). The van der Waals surface area contributed by atoms with Crippen molar-refractivity contribution in [3.8, 4) is 0 Å². The van der Waals surface area contributed by atoms with Crippen molar-refractivity contribution in [2.24, 2.45) is 7.05 Å². The van der Waals surface area contributed by atoms with Crippen LogP contribution in [0.2, 0.25) is 0 Å². The van der Waals surface area contributed by atoms with Crippen LogP contribution in [0, 0.1) is 0 Å². The summed E-state index contributed by atoms with van der Waals surface area (Å²) in [5.74, 6) is 0.563. The molecule has 3 N–H and O–H groups in total. The summed E-state index contributed by atoms with van der Waals surface area (Å²) >= 11 is 0. The van der Waals surface area contributed by atoms with Gasteiger partial charge in [0.1, 0.15) is 0 Å². The van der Waals surface area contributed by atoms with Crippen molar-refractivity contribution < 1.29 is 4.79 Å². The first-order valence-corrected chi connectivity index (χ1v) is 4.72. The number of nitrogens with zero attached hydrogens (tertiary/aromatic N) is 2. The minimum atomic E-state index is -0.0119. The first-order valence-electron chi connectivity index (χ1n) is 4.72. The number of carbonyl (C=O) groups excluding carboxylic acids is 1. The molecule has 0 aromatic carbocycles. The highest BCUT2D eigenvalue weighted by atomic mass is 16.1. The lowest BCUT2D eigenvalue weighted by Crippen LogP contribution is -2.14. The normalized spacial score (nSPS) is 10.1. The Morgan fingerprint density at radius 1 is 1.71 bits per heavy atom. The summed E-state index contributed by atoms with van der Waals surface area (Å²) in [4.78, 5) is 11.4. The number of hydrogen-bond acceptors (Lipinski definition) is 3. The summed E-state index contributed by atoms with van der Waals surface area (Å²) in [5, 5.41) is 6.66. The molecule has 1 aromatic rings. The van der Waals surface area contributed by atoms with Gasteiger partial charge in [-0.05, 0) is 6.42 Å². The molecule has 1 aromatic heterocycles. The van der Waals surface area contributed by atoms with Crippen molar-refractivity contribution in [3.63, 3.8) is 0 Å². The lowest BCUT2D eigenvalue weighted by molar-refractivity contribution is -0.116. The van der Waals surface area contributed by atoms with E-state index in [0.717, 1.165) is 12.8 Å². The largest absolute Gasteiger partial charge is 0.394 e. The van der Waals surface area contributed by atoms with Crippen molar-refractivity contribution in [3.05, 3.63) is 6.20 Å². The van der Waals surface area contributed by atoms with Crippen molar-refractivity contribution in [2.45, 2.75) is 26.2 Å². The number of carbonyl (C=O) groups is 1. The second-order valence-electron chi connectivity index (χ2n) is 3.22. The number of rotatable bonds is 4. The van der Waals surface area contributed by atoms with Crippen molar-refractivity contribution in [1.29, 1.82) is 0 Å². The number of aromatic nitrogens is 2. The van der Waals surface area contributed by atoms with Crippen LogP contribution in [-0.2, 0) is 11.8 Å². The molecule has 0 spiro atoms. The molecule has 5 nitrogen and oxygen atoms in total.